The van der Waals surface area contributed by atoms with Gasteiger partial charge in [-0.1, -0.05) is 30.3 Å². The van der Waals surface area contributed by atoms with E-state index in [-0.39, 0.29) is 11.1 Å². The van der Waals surface area contributed by atoms with Crippen LogP contribution in [0.4, 0.5) is 5.69 Å². The molecule has 0 aliphatic carbocycles. The van der Waals surface area contributed by atoms with Gasteiger partial charge in [-0.15, -0.1) is 0 Å². The van der Waals surface area contributed by atoms with Crippen LogP contribution >= 0.6 is 0 Å². The SMILES string of the molecule is Cc1ccccc1NC(=O)COC(=O)[C@H](C)N1C(=O)c2ccccc2C1=O. The Morgan fingerprint density at radius 2 is 1.56 bits per heavy atom. The maximum atomic E-state index is 12.4. The average molecular weight is 366 g/mol. The fourth-order valence-electron chi connectivity index (χ4n) is 2.82. The molecule has 7 nitrogen and oxygen atoms in total. The molecule has 0 spiro atoms. The van der Waals surface area contributed by atoms with E-state index >= 15 is 0 Å². The predicted molar refractivity (Wildman–Crippen MR) is 97.2 cm³/mol. The highest BCUT2D eigenvalue weighted by Crippen LogP contribution is 2.24. The summed E-state index contributed by atoms with van der Waals surface area (Å²) in [7, 11) is 0. The molecule has 138 valence electrons. The lowest BCUT2D eigenvalue weighted by molar-refractivity contribution is -0.150. The highest BCUT2D eigenvalue weighted by Gasteiger charge is 2.41. The van der Waals surface area contributed by atoms with E-state index in [0.717, 1.165) is 10.5 Å². The summed E-state index contributed by atoms with van der Waals surface area (Å²) in [5.41, 5.74) is 1.99. The van der Waals surface area contributed by atoms with Crippen LogP contribution in [0.3, 0.4) is 0 Å². The van der Waals surface area contributed by atoms with E-state index in [0.29, 0.717) is 5.69 Å². The van der Waals surface area contributed by atoms with Crippen LogP contribution in [0, 0.1) is 6.92 Å². The number of nitrogens with one attached hydrogen (secondary N) is 1. The molecular weight excluding hydrogens is 348 g/mol. The first-order chi connectivity index (χ1) is 12.9. The van der Waals surface area contributed by atoms with Gasteiger partial charge in [-0.25, -0.2) is 4.79 Å². The molecule has 1 heterocycles. The van der Waals surface area contributed by atoms with E-state index in [9.17, 15) is 19.2 Å². The van der Waals surface area contributed by atoms with Gasteiger partial charge in [0, 0.05) is 5.69 Å². The zero-order valence-electron chi connectivity index (χ0n) is 14.9. The molecule has 1 aliphatic rings. The van der Waals surface area contributed by atoms with E-state index < -0.39 is 36.3 Å². The summed E-state index contributed by atoms with van der Waals surface area (Å²) in [6.45, 7) is 2.72. The van der Waals surface area contributed by atoms with Crippen LogP contribution in [0.15, 0.2) is 48.5 Å². The van der Waals surface area contributed by atoms with Crippen molar-refractivity contribution < 1.29 is 23.9 Å². The Morgan fingerprint density at radius 1 is 1.00 bits per heavy atom. The molecule has 27 heavy (non-hydrogen) atoms. The molecule has 3 amide bonds. The fourth-order valence-corrected chi connectivity index (χ4v) is 2.82. The predicted octanol–water partition coefficient (Wildman–Crippen LogP) is 2.16. The zero-order valence-corrected chi connectivity index (χ0v) is 14.9. The third-order valence-electron chi connectivity index (χ3n) is 4.32. The first kappa shape index (κ1) is 18.3. The Kier molecular flexibility index (Phi) is 5.03. The number of anilines is 1. The number of benzene rings is 2. The molecule has 0 bridgehead atoms. The number of nitrogens with zero attached hydrogens (tertiary/aromatic N) is 1. The van der Waals surface area contributed by atoms with Crippen molar-refractivity contribution in [3.8, 4) is 0 Å². The molecule has 7 heteroatoms. The molecule has 1 N–H and O–H groups in total. The number of hydrogen-bond acceptors (Lipinski definition) is 5. The number of imide groups is 1. The Labute approximate surface area is 155 Å². The molecule has 3 rings (SSSR count). The van der Waals surface area contributed by atoms with Crippen molar-refractivity contribution in [2.45, 2.75) is 19.9 Å². The first-order valence-electron chi connectivity index (χ1n) is 8.39. The largest absolute Gasteiger partial charge is 0.454 e. The van der Waals surface area contributed by atoms with Gasteiger partial charge in [-0.05, 0) is 37.6 Å². The normalized spacial score (nSPS) is 13.9. The summed E-state index contributed by atoms with van der Waals surface area (Å²) in [5, 5.41) is 2.64. The molecule has 0 aromatic heterocycles. The van der Waals surface area contributed by atoms with E-state index in [2.05, 4.69) is 5.32 Å². The summed E-state index contributed by atoms with van der Waals surface area (Å²) >= 11 is 0. The minimum atomic E-state index is -1.14. The second-order valence-electron chi connectivity index (χ2n) is 6.17. The lowest BCUT2D eigenvalue weighted by atomic mass is 10.1. The highest BCUT2D eigenvalue weighted by molar-refractivity contribution is 6.22. The topological polar surface area (TPSA) is 92.8 Å². The number of esters is 1. The maximum absolute atomic E-state index is 12.4. The van der Waals surface area contributed by atoms with Crippen molar-refractivity contribution in [1.29, 1.82) is 0 Å². The number of carbonyl (C=O) groups is 4. The third-order valence-corrected chi connectivity index (χ3v) is 4.32. The molecule has 0 saturated heterocycles. The van der Waals surface area contributed by atoms with Crippen LogP contribution in [0.25, 0.3) is 0 Å². The average Bonchev–Trinajstić information content (AvgIpc) is 2.92. The number of hydrogen-bond donors (Lipinski definition) is 1. The van der Waals surface area contributed by atoms with Crippen molar-refractivity contribution in [2.24, 2.45) is 0 Å². The third kappa shape index (κ3) is 3.57. The lowest BCUT2D eigenvalue weighted by Gasteiger charge is -2.20. The van der Waals surface area contributed by atoms with Crippen LogP contribution in [0.5, 0.6) is 0 Å². The number of amides is 3. The zero-order chi connectivity index (χ0) is 19.6. The van der Waals surface area contributed by atoms with E-state index in [1.165, 1.54) is 19.1 Å². The monoisotopic (exact) mass is 366 g/mol. The Bertz CT molecular complexity index is 902. The van der Waals surface area contributed by atoms with Crippen molar-refractivity contribution in [1.82, 2.24) is 4.90 Å². The van der Waals surface area contributed by atoms with Gasteiger partial charge in [0.15, 0.2) is 6.61 Å². The van der Waals surface area contributed by atoms with Gasteiger partial charge in [0.05, 0.1) is 11.1 Å². The quantitative estimate of drug-likeness (QED) is 0.647. The number of aryl methyl sites for hydroxylation is 1. The minimum absolute atomic E-state index is 0.249. The van der Waals surface area contributed by atoms with Gasteiger partial charge < -0.3 is 10.1 Å². The van der Waals surface area contributed by atoms with Gasteiger partial charge in [0.1, 0.15) is 6.04 Å². The minimum Gasteiger partial charge on any atom is -0.454 e. The standard InChI is InChI=1S/C20H18N2O5/c1-12-7-3-6-10-16(12)21-17(23)11-27-20(26)13(2)22-18(24)14-8-4-5-9-15(14)19(22)25/h3-10,13H,11H2,1-2H3,(H,21,23)/t13-/m0/s1. The molecule has 2 aromatic rings. The van der Waals surface area contributed by atoms with Gasteiger partial charge in [-0.3, -0.25) is 19.3 Å². The van der Waals surface area contributed by atoms with Gasteiger partial charge in [-0.2, -0.15) is 0 Å². The van der Waals surface area contributed by atoms with E-state index in [1.54, 1.807) is 24.3 Å². The van der Waals surface area contributed by atoms with Gasteiger partial charge in [0.2, 0.25) is 0 Å². The van der Waals surface area contributed by atoms with Crippen LogP contribution in [0.2, 0.25) is 0 Å². The molecule has 1 atom stereocenters. The second-order valence-corrected chi connectivity index (χ2v) is 6.17. The maximum Gasteiger partial charge on any atom is 0.329 e. The molecule has 0 fully saturated rings. The summed E-state index contributed by atoms with van der Waals surface area (Å²) in [5.74, 6) is -2.44. The first-order valence-corrected chi connectivity index (χ1v) is 8.39. The van der Waals surface area contributed by atoms with Crippen LogP contribution in [-0.4, -0.2) is 41.2 Å². The Balaban J connectivity index is 1.60. The van der Waals surface area contributed by atoms with E-state index in [4.69, 9.17) is 4.74 Å². The van der Waals surface area contributed by atoms with Crippen molar-refractivity contribution >= 4 is 29.4 Å². The number of rotatable bonds is 5. The van der Waals surface area contributed by atoms with Crippen LogP contribution < -0.4 is 5.32 Å². The Hall–Kier alpha value is -3.48. The van der Waals surface area contributed by atoms with Crippen molar-refractivity contribution in [3.63, 3.8) is 0 Å². The van der Waals surface area contributed by atoms with E-state index in [1.807, 2.05) is 19.1 Å². The summed E-state index contributed by atoms with van der Waals surface area (Å²) < 4.78 is 4.99. The van der Waals surface area contributed by atoms with Gasteiger partial charge in [0.25, 0.3) is 17.7 Å². The molecule has 0 radical (unpaired) electrons. The smallest absolute Gasteiger partial charge is 0.329 e. The van der Waals surface area contributed by atoms with Crippen molar-refractivity contribution in [3.05, 3.63) is 65.2 Å². The van der Waals surface area contributed by atoms with Crippen LogP contribution in [-0.2, 0) is 14.3 Å². The molecule has 0 unspecified atom stereocenters. The fraction of sp³-hybridized carbons (Fsp3) is 0.200. The van der Waals surface area contributed by atoms with Gasteiger partial charge >= 0.3 is 5.97 Å². The molecule has 0 saturated carbocycles. The number of ether oxygens (including phenoxy) is 1. The summed E-state index contributed by atoms with van der Waals surface area (Å²) in [6.07, 6.45) is 0. The molecule has 1 aliphatic heterocycles. The number of carbonyl (C=O) groups excluding carboxylic acids is 4. The summed E-state index contributed by atoms with van der Waals surface area (Å²) in [6, 6.07) is 12.4. The lowest BCUT2D eigenvalue weighted by Crippen LogP contribution is -2.44. The summed E-state index contributed by atoms with van der Waals surface area (Å²) in [4.78, 5) is 49.9. The number of para-hydroxylation sites is 1. The van der Waals surface area contributed by atoms with Crippen LogP contribution in [0.1, 0.15) is 33.2 Å². The highest BCUT2D eigenvalue weighted by atomic mass is 16.5. The Morgan fingerprint density at radius 3 is 2.15 bits per heavy atom. The van der Waals surface area contributed by atoms with Crippen molar-refractivity contribution in [2.75, 3.05) is 11.9 Å². The number of fused-ring (bicyclic) bond motifs is 1. The molecular formula is C20H18N2O5. The molecule has 2 aromatic carbocycles. The second kappa shape index (κ2) is 7.41.